The molecule has 1 saturated heterocycles. The van der Waals surface area contributed by atoms with Gasteiger partial charge in [0.25, 0.3) is 5.91 Å². The molecule has 36 heavy (non-hydrogen) atoms. The maximum atomic E-state index is 12.9. The third-order valence-electron chi connectivity index (χ3n) is 6.44. The number of ether oxygens (including phenoxy) is 1. The first kappa shape index (κ1) is 24.1. The van der Waals surface area contributed by atoms with E-state index in [-0.39, 0.29) is 12.5 Å². The average Bonchev–Trinajstić information content (AvgIpc) is 3.50. The molecule has 0 unspecified atom stereocenters. The van der Waals surface area contributed by atoms with Gasteiger partial charge in [0.15, 0.2) is 5.82 Å². The molecule has 188 valence electrons. The van der Waals surface area contributed by atoms with Gasteiger partial charge in [-0.2, -0.15) is 0 Å². The molecule has 1 amide bonds. The summed E-state index contributed by atoms with van der Waals surface area (Å²) in [4.78, 5) is 28.9. The average molecular weight is 489 g/mol. The molecular weight excluding hydrogens is 456 g/mol. The Morgan fingerprint density at radius 3 is 2.64 bits per heavy atom. The van der Waals surface area contributed by atoms with Crippen LogP contribution < -0.4 is 5.73 Å². The van der Waals surface area contributed by atoms with Crippen molar-refractivity contribution in [3.8, 4) is 11.1 Å². The van der Waals surface area contributed by atoms with Gasteiger partial charge < -0.3 is 25.0 Å². The number of imidazole rings is 1. The maximum Gasteiger partial charge on any atom is 0.253 e. The number of amides is 1. The highest BCUT2D eigenvalue weighted by Gasteiger charge is 2.24. The number of carbonyl (C=O) groups is 1. The van der Waals surface area contributed by atoms with Crippen molar-refractivity contribution in [2.45, 2.75) is 52.4 Å². The maximum absolute atomic E-state index is 12.9. The van der Waals surface area contributed by atoms with Crippen molar-refractivity contribution in [3.05, 3.63) is 47.9 Å². The summed E-state index contributed by atoms with van der Waals surface area (Å²) >= 11 is 0. The molecule has 4 aromatic rings. The van der Waals surface area contributed by atoms with Gasteiger partial charge in [0.2, 0.25) is 0 Å². The second kappa shape index (κ2) is 9.48. The summed E-state index contributed by atoms with van der Waals surface area (Å²) in [7, 11) is 0. The number of nitrogens with two attached hydrogens (primary N) is 1. The summed E-state index contributed by atoms with van der Waals surface area (Å²) in [6, 6.07) is 9.55. The summed E-state index contributed by atoms with van der Waals surface area (Å²) < 4.78 is 7.55. The van der Waals surface area contributed by atoms with Crippen molar-refractivity contribution in [3.63, 3.8) is 0 Å². The number of pyridine rings is 2. The number of hydrogen-bond acceptors (Lipinski definition) is 7. The summed E-state index contributed by atoms with van der Waals surface area (Å²) in [5, 5.41) is 10.6. The summed E-state index contributed by atoms with van der Waals surface area (Å²) in [6.45, 7) is 8.17. The molecule has 1 aliphatic rings. The molecule has 0 saturated carbocycles. The van der Waals surface area contributed by atoms with E-state index >= 15 is 0 Å². The first-order valence-electron chi connectivity index (χ1n) is 12.4. The number of carbonyl (C=O) groups excluding carboxylic acids is 1. The van der Waals surface area contributed by atoms with Gasteiger partial charge in [-0.25, -0.2) is 9.97 Å². The van der Waals surface area contributed by atoms with Gasteiger partial charge in [0, 0.05) is 37.0 Å². The fourth-order valence-electron chi connectivity index (χ4n) is 4.77. The number of rotatable bonds is 7. The number of anilines is 1. The quantitative estimate of drug-likeness (QED) is 0.406. The molecule has 9 heteroatoms. The highest BCUT2D eigenvalue weighted by molar-refractivity contribution is 6.05. The molecule has 0 spiro atoms. The molecule has 9 nitrogen and oxygen atoms in total. The molecular formula is C27H32N6O3. The van der Waals surface area contributed by atoms with Crippen LogP contribution in [0.5, 0.6) is 0 Å². The van der Waals surface area contributed by atoms with Crippen LogP contribution in [0.2, 0.25) is 0 Å². The van der Waals surface area contributed by atoms with Crippen LogP contribution >= 0.6 is 0 Å². The van der Waals surface area contributed by atoms with E-state index in [9.17, 15) is 9.90 Å². The van der Waals surface area contributed by atoms with Crippen molar-refractivity contribution in [1.82, 2.24) is 24.4 Å². The minimum Gasteiger partial charge on any atom is -0.389 e. The molecule has 1 aromatic carbocycles. The van der Waals surface area contributed by atoms with Crippen LogP contribution in [0.15, 0.2) is 36.5 Å². The summed E-state index contributed by atoms with van der Waals surface area (Å²) in [6.07, 6.45) is 3.89. The fourth-order valence-corrected chi connectivity index (χ4v) is 4.77. The summed E-state index contributed by atoms with van der Waals surface area (Å²) in [5.74, 6) is 1.01. The van der Waals surface area contributed by atoms with Crippen molar-refractivity contribution < 1.29 is 14.6 Å². The second-order valence-electron chi connectivity index (χ2n) is 9.93. The fraction of sp³-hybridized carbons (Fsp3) is 0.407. The van der Waals surface area contributed by atoms with Gasteiger partial charge in [-0.15, -0.1) is 0 Å². The molecule has 0 atom stereocenters. The van der Waals surface area contributed by atoms with E-state index in [0.717, 1.165) is 42.6 Å². The molecule has 5 rings (SSSR count). The molecule has 0 bridgehead atoms. The number of benzene rings is 1. The van der Waals surface area contributed by atoms with Crippen molar-refractivity contribution in [1.29, 1.82) is 0 Å². The monoisotopic (exact) mass is 488 g/mol. The Bertz CT molecular complexity index is 1430. The topological polar surface area (TPSA) is 119 Å². The van der Waals surface area contributed by atoms with Crippen molar-refractivity contribution in [2.75, 3.05) is 25.4 Å². The number of nitrogens with zero attached hydrogens (tertiary/aromatic N) is 5. The van der Waals surface area contributed by atoms with Gasteiger partial charge >= 0.3 is 0 Å². The lowest BCUT2D eigenvalue weighted by Gasteiger charge is -2.20. The normalized spacial score (nSPS) is 14.3. The molecule has 0 radical (unpaired) electrons. The van der Waals surface area contributed by atoms with Gasteiger partial charge in [0.05, 0.1) is 17.7 Å². The van der Waals surface area contributed by atoms with Crippen molar-refractivity contribution >= 4 is 33.8 Å². The molecule has 3 N–H and O–H groups in total. The largest absolute Gasteiger partial charge is 0.389 e. The predicted molar refractivity (Wildman–Crippen MR) is 139 cm³/mol. The Balaban J connectivity index is 1.61. The number of aliphatic hydroxyl groups is 1. The lowest BCUT2D eigenvalue weighted by molar-refractivity contribution is 0.0582. The predicted octanol–water partition coefficient (Wildman–Crippen LogP) is 3.77. The molecule has 1 aliphatic heterocycles. The lowest BCUT2D eigenvalue weighted by atomic mass is 10.0. The van der Waals surface area contributed by atoms with Crippen LogP contribution in [0.25, 0.3) is 33.2 Å². The van der Waals surface area contributed by atoms with E-state index in [0.29, 0.717) is 46.9 Å². The molecule has 0 aliphatic carbocycles. The third-order valence-corrected chi connectivity index (χ3v) is 6.44. The van der Waals surface area contributed by atoms with Gasteiger partial charge in [0.1, 0.15) is 29.0 Å². The highest BCUT2D eigenvalue weighted by atomic mass is 16.5. The van der Waals surface area contributed by atoms with E-state index in [1.807, 2.05) is 46.7 Å². The number of likely N-dealkylation sites (tertiary alicyclic amines) is 1. The van der Waals surface area contributed by atoms with Crippen LogP contribution in [-0.4, -0.2) is 60.7 Å². The van der Waals surface area contributed by atoms with Gasteiger partial charge in [-0.05, 0) is 57.4 Å². The zero-order valence-corrected chi connectivity index (χ0v) is 21.0. The second-order valence-corrected chi connectivity index (χ2v) is 9.93. The number of nitrogen functional groups attached to an aromatic ring is 1. The minimum absolute atomic E-state index is 0.0597. The number of hydrogen-bond donors (Lipinski definition) is 2. The Kier molecular flexibility index (Phi) is 6.36. The van der Waals surface area contributed by atoms with Crippen LogP contribution in [0, 0.1) is 0 Å². The molecule has 3 aromatic heterocycles. The number of fused-ring (bicyclic) bond motifs is 3. The highest BCUT2D eigenvalue weighted by Crippen LogP contribution is 2.31. The van der Waals surface area contributed by atoms with Crippen LogP contribution in [0.4, 0.5) is 5.82 Å². The lowest BCUT2D eigenvalue weighted by Crippen LogP contribution is -2.27. The Morgan fingerprint density at radius 1 is 1.14 bits per heavy atom. The molecule has 1 fully saturated rings. The first-order chi connectivity index (χ1) is 17.2. The zero-order valence-electron chi connectivity index (χ0n) is 21.0. The SMILES string of the molecule is CCOCc1nc2c(N)nc3cc(-c4cccc(C(=O)N5CCCC5)c4)cnc3c2n1CC(C)(C)O. The molecule has 4 heterocycles. The first-order valence-corrected chi connectivity index (χ1v) is 12.4. The van der Waals surface area contributed by atoms with E-state index in [2.05, 4.69) is 4.98 Å². The van der Waals surface area contributed by atoms with E-state index in [4.69, 9.17) is 20.4 Å². The van der Waals surface area contributed by atoms with E-state index in [1.54, 1.807) is 20.0 Å². The van der Waals surface area contributed by atoms with E-state index < -0.39 is 5.60 Å². The van der Waals surface area contributed by atoms with Crippen LogP contribution in [0.3, 0.4) is 0 Å². The van der Waals surface area contributed by atoms with Gasteiger partial charge in [-0.1, -0.05) is 12.1 Å². The zero-order chi connectivity index (χ0) is 25.4. The smallest absolute Gasteiger partial charge is 0.253 e. The van der Waals surface area contributed by atoms with E-state index in [1.165, 1.54) is 0 Å². The minimum atomic E-state index is -0.985. The number of aromatic nitrogens is 4. The Morgan fingerprint density at radius 2 is 1.92 bits per heavy atom. The Hall–Kier alpha value is -3.56. The van der Waals surface area contributed by atoms with Crippen LogP contribution in [-0.2, 0) is 17.9 Å². The third kappa shape index (κ3) is 4.64. The summed E-state index contributed by atoms with van der Waals surface area (Å²) in [5.41, 5.74) is 10.3. The van der Waals surface area contributed by atoms with Crippen LogP contribution in [0.1, 0.15) is 49.8 Å². The van der Waals surface area contributed by atoms with Gasteiger partial charge in [-0.3, -0.25) is 9.78 Å². The Labute approximate surface area is 209 Å². The van der Waals surface area contributed by atoms with Crippen molar-refractivity contribution in [2.24, 2.45) is 0 Å². The standard InChI is InChI=1S/C27H32N6O3/c1-4-36-15-21-31-23-24(33(21)16-27(2,3)35)22-20(30-25(23)28)13-19(14-29-22)17-8-7-9-18(12-17)26(34)32-10-5-6-11-32/h7-9,12-14,35H,4-6,10-11,15-16H2,1-3H3,(H2,28,30).